The molecule has 2 aromatic carbocycles. The van der Waals surface area contributed by atoms with E-state index in [1.807, 2.05) is 30.3 Å². The predicted molar refractivity (Wildman–Crippen MR) is 120 cm³/mol. The van der Waals surface area contributed by atoms with Crippen LogP contribution in [0.3, 0.4) is 0 Å². The first kappa shape index (κ1) is 18.9. The molecule has 2 heterocycles. The third-order valence-electron chi connectivity index (χ3n) is 6.03. The van der Waals surface area contributed by atoms with Gasteiger partial charge in [-0.1, -0.05) is 36.4 Å². The van der Waals surface area contributed by atoms with E-state index in [1.165, 1.54) is 4.88 Å². The molecule has 0 saturated carbocycles. The highest BCUT2D eigenvalue weighted by atomic mass is 32.1. The average molecular weight is 418 g/mol. The lowest BCUT2D eigenvalue weighted by Gasteiger charge is -2.36. The van der Waals surface area contributed by atoms with Crippen molar-refractivity contribution in [3.8, 4) is 11.5 Å². The number of Topliss-reactive ketones (excluding diaryl/α,β-unsaturated/α-hetero) is 1. The minimum atomic E-state index is -0.117. The van der Waals surface area contributed by atoms with E-state index in [2.05, 4.69) is 35.0 Å². The molecule has 0 fully saturated rings. The molecule has 5 rings (SSSR count). The van der Waals surface area contributed by atoms with Gasteiger partial charge in [-0.05, 0) is 35.1 Å². The predicted octanol–water partition coefficient (Wildman–Crippen LogP) is 5.72. The zero-order valence-electron chi connectivity index (χ0n) is 17.0. The summed E-state index contributed by atoms with van der Waals surface area (Å²) in [5.41, 5.74) is 5.04. The molecular formula is C25H23NO3S. The van der Waals surface area contributed by atoms with Crippen LogP contribution < -0.4 is 14.8 Å². The number of rotatable bonds is 4. The Balaban J connectivity index is 1.67. The lowest BCUT2D eigenvalue weighted by Crippen LogP contribution is -2.29. The topological polar surface area (TPSA) is 47.6 Å². The number of fused-ring (bicyclic) bond motifs is 1. The highest BCUT2D eigenvalue weighted by Crippen LogP contribution is 2.50. The smallest absolute Gasteiger partial charge is 0.162 e. The van der Waals surface area contributed by atoms with E-state index in [0.29, 0.717) is 17.9 Å². The molecule has 0 bridgehead atoms. The van der Waals surface area contributed by atoms with Crippen molar-refractivity contribution in [3.63, 3.8) is 0 Å². The Labute approximate surface area is 180 Å². The summed E-state index contributed by atoms with van der Waals surface area (Å²) in [7, 11) is 3.28. The fourth-order valence-corrected chi connectivity index (χ4v) is 5.49. The number of allylic oxidation sites excluding steroid dienone is 2. The number of thiophene rings is 1. The highest BCUT2D eigenvalue weighted by Gasteiger charge is 2.39. The Morgan fingerprint density at radius 1 is 0.967 bits per heavy atom. The molecule has 30 heavy (non-hydrogen) atoms. The summed E-state index contributed by atoms with van der Waals surface area (Å²) >= 11 is 1.73. The molecule has 4 nitrogen and oxygen atoms in total. The van der Waals surface area contributed by atoms with Crippen molar-refractivity contribution in [3.05, 3.63) is 87.3 Å². The van der Waals surface area contributed by atoms with Gasteiger partial charge in [0.25, 0.3) is 0 Å². The fourth-order valence-electron chi connectivity index (χ4n) is 4.66. The summed E-state index contributed by atoms with van der Waals surface area (Å²) in [6, 6.07) is 18.4. The van der Waals surface area contributed by atoms with Gasteiger partial charge in [0.05, 0.1) is 14.2 Å². The average Bonchev–Trinajstić information content (AvgIpc) is 3.32. The molecule has 1 aliphatic heterocycles. The molecule has 2 aliphatic rings. The van der Waals surface area contributed by atoms with Crippen LogP contribution in [-0.4, -0.2) is 20.0 Å². The van der Waals surface area contributed by atoms with Gasteiger partial charge in [0.15, 0.2) is 17.3 Å². The van der Waals surface area contributed by atoms with E-state index in [4.69, 9.17) is 9.47 Å². The summed E-state index contributed by atoms with van der Waals surface area (Å²) in [4.78, 5) is 14.7. The molecule has 5 heteroatoms. The molecule has 0 spiro atoms. The number of hydrogen-bond donors (Lipinski definition) is 1. The number of nitrogens with one attached hydrogen (secondary N) is 1. The van der Waals surface area contributed by atoms with E-state index in [1.54, 1.807) is 25.6 Å². The van der Waals surface area contributed by atoms with Gasteiger partial charge in [-0.2, -0.15) is 0 Å². The Morgan fingerprint density at radius 3 is 2.43 bits per heavy atom. The van der Waals surface area contributed by atoms with Gasteiger partial charge in [0.1, 0.15) is 0 Å². The number of methoxy groups -OCH3 is 2. The molecule has 1 aliphatic carbocycles. The molecule has 152 valence electrons. The Kier molecular flexibility index (Phi) is 4.83. The van der Waals surface area contributed by atoms with E-state index in [0.717, 1.165) is 34.5 Å². The SMILES string of the molecule is COc1cc2c(cc1OC)[C@@H](c1ccccc1)C1=C(C[C@@H](c3cccs3)CC1=O)N2. The molecule has 0 unspecified atom stereocenters. The van der Waals surface area contributed by atoms with E-state index in [9.17, 15) is 4.79 Å². The van der Waals surface area contributed by atoms with Gasteiger partial charge in [0, 0.05) is 46.2 Å². The van der Waals surface area contributed by atoms with Gasteiger partial charge in [-0.15, -0.1) is 11.3 Å². The van der Waals surface area contributed by atoms with E-state index >= 15 is 0 Å². The van der Waals surface area contributed by atoms with Gasteiger partial charge in [-0.3, -0.25) is 4.79 Å². The number of hydrogen-bond acceptors (Lipinski definition) is 5. The highest BCUT2D eigenvalue weighted by molar-refractivity contribution is 7.10. The molecule has 1 aromatic heterocycles. The van der Waals surface area contributed by atoms with E-state index in [-0.39, 0.29) is 17.6 Å². The number of anilines is 1. The zero-order valence-corrected chi connectivity index (χ0v) is 17.8. The second kappa shape index (κ2) is 7.65. The first-order chi connectivity index (χ1) is 14.7. The summed E-state index contributed by atoms with van der Waals surface area (Å²) in [6.45, 7) is 0. The van der Waals surface area contributed by atoms with Crippen LogP contribution in [-0.2, 0) is 4.79 Å². The lowest BCUT2D eigenvalue weighted by atomic mass is 9.73. The van der Waals surface area contributed by atoms with Crippen molar-refractivity contribution in [2.45, 2.75) is 24.7 Å². The maximum absolute atomic E-state index is 13.5. The number of carbonyl (C=O) groups excluding carboxylic acids is 1. The van der Waals surface area contributed by atoms with E-state index < -0.39 is 0 Å². The maximum atomic E-state index is 13.5. The minimum Gasteiger partial charge on any atom is -0.493 e. The van der Waals surface area contributed by atoms with Crippen molar-refractivity contribution in [1.82, 2.24) is 0 Å². The van der Waals surface area contributed by atoms with Crippen molar-refractivity contribution < 1.29 is 14.3 Å². The Hall–Kier alpha value is -3.05. The van der Waals surface area contributed by atoms with Gasteiger partial charge in [-0.25, -0.2) is 0 Å². The normalized spacial score (nSPS) is 20.3. The molecular weight excluding hydrogens is 394 g/mol. The summed E-state index contributed by atoms with van der Waals surface area (Å²) < 4.78 is 11.1. The van der Waals surface area contributed by atoms with Crippen LogP contribution in [0.4, 0.5) is 5.69 Å². The number of benzene rings is 2. The van der Waals surface area contributed by atoms with Gasteiger partial charge < -0.3 is 14.8 Å². The molecule has 1 N–H and O–H groups in total. The maximum Gasteiger partial charge on any atom is 0.162 e. The third-order valence-corrected chi connectivity index (χ3v) is 7.06. The summed E-state index contributed by atoms with van der Waals surface area (Å²) in [5.74, 6) is 1.67. The number of carbonyl (C=O) groups is 1. The number of ether oxygens (including phenoxy) is 2. The first-order valence-electron chi connectivity index (χ1n) is 10.1. The van der Waals surface area contributed by atoms with Gasteiger partial charge in [0.2, 0.25) is 0 Å². The first-order valence-corrected chi connectivity index (χ1v) is 10.9. The van der Waals surface area contributed by atoms with Crippen LogP contribution in [0.2, 0.25) is 0 Å². The lowest BCUT2D eigenvalue weighted by molar-refractivity contribution is -0.116. The quantitative estimate of drug-likeness (QED) is 0.589. The van der Waals surface area contributed by atoms with Crippen molar-refractivity contribution >= 4 is 22.8 Å². The molecule has 0 radical (unpaired) electrons. The summed E-state index contributed by atoms with van der Waals surface area (Å²) in [5, 5.41) is 5.66. The monoisotopic (exact) mass is 417 g/mol. The second-order valence-corrected chi connectivity index (χ2v) is 8.68. The Morgan fingerprint density at radius 2 is 1.73 bits per heavy atom. The molecule has 0 saturated heterocycles. The zero-order chi connectivity index (χ0) is 20.7. The van der Waals surface area contributed by atoms with Crippen LogP contribution in [0.15, 0.2) is 71.2 Å². The van der Waals surface area contributed by atoms with Crippen LogP contribution in [0.1, 0.15) is 40.7 Å². The summed E-state index contributed by atoms with van der Waals surface area (Å²) in [6.07, 6.45) is 1.38. The Bertz CT molecular complexity index is 1120. The number of ketones is 1. The standard InChI is InChI=1S/C25H23NO3S/c1-28-21-13-17-18(14-22(21)29-2)26-19-11-16(23-9-6-10-30-23)12-20(27)25(19)24(17)15-7-4-3-5-8-15/h3-10,13-14,16,24,26H,11-12H2,1-2H3/t16-,24-/m1/s1. The van der Waals surface area contributed by atoms with Gasteiger partial charge >= 0.3 is 0 Å². The van der Waals surface area contributed by atoms with Crippen molar-refractivity contribution in [2.75, 3.05) is 19.5 Å². The minimum absolute atomic E-state index is 0.117. The second-order valence-electron chi connectivity index (χ2n) is 7.70. The van der Waals surface area contributed by atoms with Crippen LogP contribution in [0.25, 0.3) is 0 Å². The van der Waals surface area contributed by atoms with Crippen molar-refractivity contribution in [2.24, 2.45) is 0 Å². The molecule has 0 amide bonds. The molecule has 2 atom stereocenters. The largest absolute Gasteiger partial charge is 0.493 e. The van der Waals surface area contributed by atoms with Crippen molar-refractivity contribution in [1.29, 1.82) is 0 Å². The molecule has 3 aromatic rings. The van der Waals surface area contributed by atoms with Crippen LogP contribution in [0, 0.1) is 0 Å². The fraction of sp³-hybridized carbons (Fsp3) is 0.240. The van der Waals surface area contributed by atoms with Crippen LogP contribution in [0.5, 0.6) is 11.5 Å². The van der Waals surface area contributed by atoms with Crippen LogP contribution >= 0.6 is 11.3 Å². The third kappa shape index (κ3) is 3.10.